The van der Waals surface area contributed by atoms with Crippen LogP contribution in [-0.4, -0.2) is 78.6 Å². The highest BCUT2D eigenvalue weighted by Crippen LogP contribution is 2.27. The zero-order valence-corrected chi connectivity index (χ0v) is 23.8. The van der Waals surface area contributed by atoms with Gasteiger partial charge >= 0.3 is 6.03 Å². The minimum atomic E-state index is -0.833. The number of methoxy groups -OCH3 is 1. The Morgan fingerprint density at radius 1 is 1.05 bits per heavy atom. The summed E-state index contributed by atoms with van der Waals surface area (Å²) in [5, 5.41) is 4.79. The summed E-state index contributed by atoms with van der Waals surface area (Å²) >= 11 is 0. The number of fused-ring (bicyclic) bond motifs is 1. The number of aromatic nitrogens is 1. The number of nitrogens with zero attached hydrogens (tertiary/aromatic N) is 3. The van der Waals surface area contributed by atoms with Gasteiger partial charge in [0.25, 0.3) is 11.8 Å². The summed E-state index contributed by atoms with van der Waals surface area (Å²) in [7, 11) is 3.18. The van der Waals surface area contributed by atoms with Crippen molar-refractivity contribution in [3.63, 3.8) is 0 Å². The Labute approximate surface area is 242 Å². The second-order valence-electron chi connectivity index (χ2n) is 10.2. The largest absolute Gasteiger partial charge is 0.491 e. The quantitative estimate of drug-likeness (QED) is 0.464. The number of likely N-dealkylation sites (N-methyl/N-ethyl adjacent to an activating group) is 1. The first kappa shape index (κ1) is 30.4. The molecular formula is C30H33F2N5O5. The van der Waals surface area contributed by atoms with E-state index < -0.39 is 29.8 Å². The van der Waals surface area contributed by atoms with Gasteiger partial charge in [0.15, 0.2) is 0 Å². The molecule has 10 nitrogen and oxygen atoms in total. The van der Waals surface area contributed by atoms with Crippen molar-refractivity contribution < 1.29 is 32.6 Å². The maximum Gasteiger partial charge on any atom is 0.323 e. The van der Waals surface area contributed by atoms with E-state index >= 15 is 0 Å². The first-order valence-electron chi connectivity index (χ1n) is 13.4. The number of halogens is 2. The number of carbonyl (C=O) groups is 3. The van der Waals surface area contributed by atoms with Gasteiger partial charge in [0.05, 0.1) is 23.4 Å². The molecule has 0 saturated carbocycles. The molecule has 1 aliphatic rings. The number of hydrogen-bond donors (Lipinski definition) is 2. The number of ether oxygens (including phenoxy) is 2. The highest BCUT2D eigenvalue weighted by atomic mass is 19.1. The lowest BCUT2D eigenvalue weighted by Crippen LogP contribution is -2.48. The van der Waals surface area contributed by atoms with Gasteiger partial charge in [0.1, 0.15) is 29.7 Å². The van der Waals surface area contributed by atoms with Gasteiger partial charge in [0, 0.05) is 51.1 Å². The van der Waals surface area contributed by atoms with E-state index in [0.29, 0.717) is 12.2 Å². The Kier molecular flexibility index (Phi) is 9.68. The number of amides is 4. The van der Waals surface area contributed by atoms with Crippen LogP contribution >= 0.6 is 0 Å². The van der Waals surface area contributed by atoms with Gasteiger partial charge in [0.2, 0.25) is 0 Å². The normalized spacial score (nSPS) is 19.6. The van der Waals surface area contributed by atoms with Gasteiger partial charge in [-0.2, -0.15) is 0 Å². The number of hydrogen-bond acceptors (Lipinski definition) is 6. The van der Waals surface area contributed by atoms with Gasteiger partial charge in [-0.1, -0.05) is 13.0 Å². The third kappa shape index (κ3) is 7.19. The van der Waals surface area contributed by atoms with Gasteiger partial charge in [-0.15, -0.1) is 0 Å². The highest BCUT2D eigenvalue weighted by Gasteiger charge is 2.31. The highest BCUT2D eigenvalue weighted by molar-refractivity contribution is 6.02. The van der Waals surface area contributed by atoms with Crippen LogP contribution in [0.4, 0.5) is 25.0 Å². The molecule has 0 saturated heterocycles. The molecule has 0 unspecified atom stereocenters. The maximum absolute atomic E-state index is 14.0. The van der Waals surface area contributed by atoms with E-state index in [2.05, 4.69) is 15.6 Å². The lowest BCUT2D eigenvalue weighted by molar-refractivity contribution is 0.0109. The van der Waals surface area contributed by atoms with Gasteiger partial charge in [-0.3, -0.25) is 14.6 Å². The zero-order valence-electron chi connectivity index (χ0n) is 23.8. The van der Waals surface area contributed by atoms with E-state index in [-0.39, 0.29) is 53.6 Å². The predicted molar refractivity (Wildman–Crippen MR) is 153 cm³/mol. The molecule has 0 spiro atoms. The summed E-state index contributed by atoms with van der Waals surface area (Å²) in [5.41, 5.74) is 0.344. The Balaban J connectivity index is 1.61. The van der Waals surface area contributed by atoms with E-state index in [4.69, 9.17) is 9.47 Å². The Morgan fingerprint density at radius 2 is 1.83 bits per heavy atom. The van der Waals surface area contributed by atoms with E-state index in [0.717, 1.165) is 18.2 Å². The van der Waals surface area contributed by atoms with Crippen LogP contribution in [0.1, 0.15) is 34.7 Å². The molecule has 2 aromatic carbocycles. The fourth-order valence-corrected chi connectivity index (χ4v) is 4.65. The molecule has 3 aromatic rings. The minimum absolute atomic E-state index is 0.0685. The molecule has 0 aliphatic carbocycles. The van der Waals surface area contributed by atoms with Crippen LogP contribution in [0.15, 0.2) is 60.8 Å². The second kappa shape index (κ2) is 13.4. The summed E-state index contributed by atoms with van der Waals surface area (Å²) < 4.78 is 39.3. The molecule has 0 radical (unpaired) electrons. The number of rotatable bonds is 4. The van der Waals surface area contributed by atoms with E-state index in [1.165, 1.54) is 23.1 Å². The summed E-state index contributed by atoms with van der Waals surface area (Å²) in [6.45, 7) is 4.42. The van der Waals surface area contributed by atoms with E-state index in [1.807, 2.05) is 13.8 Å². The monoisotopic (exact) mass is 581 g/mol. The Hall–Kier alpha value is -4.58. The maximum atomic E-state index is 14.0. The lowest BCUT2D eigenvalue weighted by Gasteiger charge is -2.36. The molecule has 3 atom stereocenters. The van der Waals surface area contributed by atoms with Crippen LogP contribution in [0, 0.1) is 17.6 Å². The second-order valence-corrected chi connectivity index (χ2v) is 10.2. The molecule has 2 heterocycles. The molecule has 12 heteroatoms. The molecule has 42 heavy (non-hydrogen) atoms. The molecule has 4 amide bonds. The molecule has 0 fully saturated rings. The van der Waals surface area contributed by atoms with Crippen molar-refractivity contribution in [3.05, 3.63) is 83.7 Å². The average Bonchev–Trinajstić information content (AvgIpc) is 2.98. The van der Waals surface area contributed by atoms with Crippen LogP contribution in [0.25, 0.3) is 0 Å². The third-order valence-electron chi connectivity index (χ3n) is 7.02. The molecule has 1 aliphatic heterocycles. The number of pyridine rings is 1. The number of benzene rings is 2. The topological polar surface area (TPSA) is 113 Å². The number of carbonyl (C=O) groups excluding carboxylic acids is 3. The van der Waals surface area contributed by atoms with Crippen LogP contribution in [0.2, 0.25) is 0 Å². The van der Waals surface area contributed by atoms with Gasteiger partial charge in [-0.05, 0) is 49.4 Å². The molecule has 4 rings (SSSR count). The number of anilines is 2. The van der Waals surface area contributed by atoms with Crippen LogP contribution < -0.4 is 15.4 Å². The van der Waals surface area contributed by atoms with Crippen molar-refractivity contribution in [1.82, 2.24) is 14.8 Å². The van der Waals surface area contributed by atoms with Gasteiger partial charge < -0.3 is 29.9 Å². The summed E-state index contributed by atoms with van der Waals surface area (Å²) in [6, 6.07) is 11.1. The fraction of sp³-hybridized carbons (Fsp3) is 0.333. The van der Waals surface area contributed by atoms with Crippen molar-refractivity contribution >= 4 is 29.2 Å². The van der Waals surface area contributed by atoms with Crippen molar-refractivity contribution in [3.8, 4) is 5.75 Å². The van der Waals surface area contributed by atoms with Crippen LogP contribution in [0.3, 0.4) is 0 Å². The van der Waals surface area contributed by atoms with E-state index in [9.17, 15) is 23.2 Å². The van der Waals surface area contributed by atoms with Gasteiger partial charge in [-0.25, -0.2) is 13.6 Å². The number of nitrogens with one attached hydrogen (secondary N) is 2. The van der Waals surface area contributed by atoms with Crippen molar-refractivity contribution in [1.29, 1.82) is 0 Å². The SMILES string of the molecule is CO[C@@H]1CN(C)C(=O)c2cc(NC(=O)Nc3cc(F)ccc3F)ccc2OC[C@@H](C)N(C(=O)c2ccccn2)C[C@@H]1C. The summed E-state index contributed by atoms with van der Waals surface area (Å²) in [4.78, 5) is 47.0. The van der Waals surface area contributed by atoms with Crippen molar-refractivity contribution in [2.24, 2.45) is 5.92 Å². The lowest BCUT2D eigenvalue weighted by atomic mass is 10.0. The fourth-order valence-electron chi connectivity index (χ4n) is 4.65. The van der Waals surface area contributed by atoms with Crippen LogP contribution in [0.5, 0.6) is 5.75 Å². The minimum Gasteiger partial charge on any atom is -0.491 e. The van der Waals surface area contributed by atoms with Crippen molar-refractivity contribution in [2.45, 2.75) is 26.0 Å². The average molecular weight is 582 g/mol. The van der Waals surface area contributed by atoms with Crippen molar-refractivity contribution in [2.75, 3.05) is 44.5 Å². The molecule has 0 bridgehead atoms. The standard InChI is InChI=1S/C30H33F2N5O5/c1-18-15-37(29(39)24-7-5-6-12-33-24)19(2)17-42-26-11-9-21(14-22(26)28(38)36(3)16-27(18)41-4)34-30(40)35-25-13-20(31)8-10-23(25)32/h5-14,18-19,27H,15-17H2,1-4H3,(H2,34,35,40)/t18-,19+,27+/m0/s1. The first-order valence-corrected chi connectivity index (χ1v) is 13.4. The first-order chi connectivity index (χ1) is 20.1. The molecule has 222 valence electrons. The summed E-state index contributed by atoms with van der Waals surface area (Å²) in [6.07, 6.45) is 1.16. The third-order valence-corrected chi connectivity index (χ3v) is 7.02. The Morgan fingerprint density at radius 3 is 2.55 bits per heavy atom. The Bertz CT molecular complexity index is 1440. The molecule has 1 aromatic heterocycles. The smallest absolute Gasteiger partial charge is 0.323 e. The predicted octanol–water partition coefficient (Wildman–Crippen LogP) is 4.65. The summed E-state index contributed by atoms with van der Waals surface area (Å²) in [5.74, 6) is -2.06. The van der Waals surface area contributed by atoms with E-state index in [1.54, 1.807) is 43.5 Å². The number of urea groups is 1. The zero-order chi connectivity index (χ0) is 30.4. The van der Waals surface area contributed by atoms with Crippen LogP contribution in [-0.2, 0) is 4.74 Å². The molecular weight excluding hydrogens is 548 g/mol. The molecule has 2 N–H and O–H groups in total.